The molecule has 0 heterocycles. The standard InChI is InChI=1S/C7H12O4.Na.H2O/c1-7(2,6(10)11)4-3-5(8)9;;/h3-4H2,1-2H3,(H,8,9)(H,10,11);;1H2/q;+1;/p-1. The van der Waals surface area contributed by atoms with Crippen molar-refractivity contribution in [2.75, 3.05) is 0 Å². The molecule has 0 saturated carbocycles. The van der Waals surface area contributed by atoms with Crippen molar-refractivity contribution in [1.82, 2.24) is 0 Å². The second kappa shape index (κ2) is 7.32. The second-order valence-electron chi connectivity index (χ2n) is 3.08. The van der Waals surface area contributed by atoms with Crippen LogP contribution in [0.4, 0.5) is 0 Å². The van der Waals surface area contributed by atoms with Gasteiger partial charge in [0, 0.05) is 6.42 Å². The topological polar surface area (TPSA) is 105 Å². The molecule has 0 amide bonds. The van der Waals surface area contributed by atoms with E-state index in [-0.39, 0.29) is 47.9 Å². The Morgan fingerprint density at radius 1 is 1.23 bits per heavy atom. The molecule has 0 spiro atoms. The Balaban J connectivity index is -0.000000500. The van der Waals surface area contributed by atoms with Crippen molar-refractivity contribution in [1.29, 1.82) is 0 Å². The molecule has 0 aromatic heterocycles. The van der Waals surface area contributed by atoms with Gasteiger partial charge in [-0.2, -0.15) is 0 Å². The fraction of sp³-hybridized carbons (Fsp3) is 0.714. The Hall–Kier alpha value is -0.100. The van der Waals surface area contributed by atoms with Crippen LogP contribution in [0.5, 0.6) is 0 Å². The maximum atomic E-state index is 10.4. The average Bonchev–Trinajstić information content (AvgIpc) is 1.84. The normalized spacial score (nSPS) is 9.38. The maximum Gasteiger partial charge on any atom is 1.00 e. The molecular formula is C7H13NaO5. The van der Waals surface area contributed by atoms with Crippen molar-refractivity contribution in [3.63, 3.8) is 0 Å². The van der Waals surface area contributed by atoms with E-state index in [0.717, 1.165) is 0 Å². The van der Waals surface area contributed by atoms with E-state index in [2.05, 4.69) is 0 Å². The van der Waals surface area contributed by atoms with E-state index in [0.29, 0.717) is 0 Å². The molecule has 0 saturated heterocycles. The number of carbonyl (C=O) groups is 2. The van der Waals surface area contributed by atoms with Crippen molar-refractivity contribution in [2.45, 2.75) is 26.7 Å². The molecule has 0 unspecified atom stereocenters. The third-order valence-electron chi connectivity index (χ3n) is 1.54. The van der Waals surface area contributed by atoms with Gasteiger partial charge in [0.15, 0.2) is 0 Å². The Morgan fingerprint density at radius 3 is 1.85 bits per heavy atom. The van der Waals surface area contributed by atoms with Crippen LogP contribution in [-0.4, -0.2) is 27.6 Å². The van der Waals surface area contributed by atoms with Crippen molar-refractivity contribution in [3.8, 4) is 0 Å². The summed E-state index contributed by atoms with van der Waals surface area (Å²) in [5, 5.41) is 16.8. The van der Waals surface area contributed by atoms with E-state index in [1.54, 1.807) is 0 Å². The van der Waals surface area contributed by atoms with Crippen molar-refractivity contribution in [3.05, 3.63) is 0 Å². The number of hydrogen-bond donors (Lipinski definition) is 2. The number of aliphatic carboxylic acids is 2. The van der Waals surface area contributed by atoms with E-state index in [4.69, 9.17) is 10.2 Å². The molecule has 0 aromatic carbocycles. The third kappa shape index (κ3) is 8.24. The first-order valence-electron chi connectivity index (χ1n) is 3.31. The summed E-state index contributed by atoms with van der Waals surface area (Å²) in [6.07, 6.45) is 0.0664. The molecule has 0 aliphatic carbocycles. The molecule has 0 rings (SSSR count). The van der Waals surface area contributed by atoms with Gasteiger partial charge in [-0.1, -0.05) is 0 Å². The van der Waals surface area contributed by atoms with E-state index in [1.165, 1.54) is 13.8 Å². The molecule has 13 heavy (non-hydrogen) atoms. The first kappa shape index (κ1) is 18.6. The predicted molar refractivity (Wildman–Crippen MR) is 40.2 cm³/mol. The minimum Gasteiger partial charge on any atom is -0.870 e. The van der Waals surface area contributed by atoms with E-state index >= 15 is 0 Å². The van der Waals surface area contributed by atoms with Gasteiger partial charge in [0.25, 0.3) is 0 Å². The average molecular weight is 200 g/mol. The van der Waals surface area contributed by atoms with Gasteiger partial charge < -0.3 is 15.7 Å². The van der Waals surface area contributed by atoms with Crippen LogP contribution in [0.2, 0.25) is 0 Å². The van der Waals surface area contributed by atoms with Crippen LogP contribution >= 0.6 is 0 Å². The summed E-state index contributed by atoms with van der Waals surface area (Å²) >= 11 is 0. The molecule has 0 aromatic rings. The zero-order chi connectivity index (χ0) is 9.07. The summed E-state index contributed by atoms with van der Waals surface area (Å²) in [4.78, 5) is 20.5. The molecule has 0 fully saturated rings. The molecule has 0 aliphatic heterocycles. The Morgan fingerprint density at radius 2 is 1.62 bits per heavy atom. The number of carboxylic acids is 2. The molecule has 0 bridgehead atoms. The smallest absolute Gasteiger partial charge is 0.870 e. The van der Waals surface area contributed by atoms with Gasteiger partial charge in [0.2, 0.25) is 0 Å². The van der Waals surface area contributed by atoms with Gasteiger partial charge in [-0.15, -0.1) is 0 Å². The zero-order valence-electron chi connectivity index (χ0n) is 8.07. The first-order chi connectivity index (χ1) is 4.86. The van der Waals surface area contributed by atoms with Gasteiger partial charge in [0.1, 0.15) is 0 Å². The van der Waals surface area contributed by atoms with Gasteiger partial charge in [-0.25, -0.2) is 0 Å². The SMILES string of the molecule is CC(C)(CCC(=O)O)C(=O)O.[Na+].[OH-]. The Labute approximate surface area is 98.7 Å². The summed E-state index contributed by atoms with van der Waals surface area (Å²) < 4.78 is 0. The van der Waals surface area contributed by atoms with Crippen molar-refractivity contribution in [2.24, 2.45) is 5.41 Å². The minimum absolute atomic E-state index is 0. The number of carboxylic acid groups (broad SMARTS) is 2. The van der Waals surface area contributed by atoms with Crippen LogP contribution in [-0.2, 0) is 9.59 Å². The Kier molecular flexibility index (Phi) is 10.5. The minimum atomic E-state index is -0.959. The van der Waals surface area contributed by atoms with Gasteiger partial charge in [-0.3, -0.25) is 9.59 Å². The van der Waals surface area contributed by atoms with Crippen LogP contribution in [0, 0.1) is 5.41 Å². The van der Waals surface area contributed by atoms with Crippen LogP contribution in [0.3, 0.4) is 0 Å². The largest absolute Gasteiger partial charge is 1.00 e. The summed E-state index contributed by atoms with van der Waals surface area (Å²) in [6, 6.07) is 0. The quantitative estimate of drug-likeness (QED) is 0.500. The van der Waals surface area contributed by atoms with E-state index in [9.17, 15) is 9.59 Å². The molecule has 6 heteroatoms. The zero-order valence-corrected chi connectivity index (χ0v) is 10.1. The maximum absolute atomic E-state index is 10.4. The summed E-state index contributed by atoms with van der Waals surface area (Å²) in [6.45, 7) is 3.02. The molecule has 0 aliphatic rings. The van der Waals surface area contributed by atoms with Crippen LogP contribution in [0.1, 0.15) is 26.7 Å². The molecule has 0 atom stereocenters. The summed E-state index contributed by atoms with van der Waals surface area (Å²) in [7, 11) is 0. The van der Waals surface area contributed by atoms with Gasteiger partial charge in [0.05, 0.1) is 5.41 Å². The van der Waals surface area contributed by atoms with Crippen LogP contribution in [0.25, 0.3) is 0 Å². The van der Waals surface area contributed by atoms with Gasteiger partial charge >= 0.3 is 41.5 Å². The molecule has 72 valence electrons. The first-order valence-corrected chi connectivity index (χ1v) is 3.31. The predicted octanol–water partition coefficient (Wildman–Crippen LogP) is -2.21. The number of hydrogen-bond acceptors (Lipinski definition) is 3. The van der Waals surface area contributed by atoms with Crippen LogP contribution in [0.15, 0.2) is 0 Å². The molecular weight excluding hydrogens is 187 g/mol. The number of rotatable bonds is 4. The monoisotopic (exact) mass is 200 g/mol. The van der Waals surface area contributed by atoms with Crippen molar-refractivity contribution >= 4 is 11.9 Å². The Bertz CT molecular complexity index is 178. The van der Waals surface area contributed by atoms with Crippen molar-refractivity contribution < 1.29 is 54.8 Å². The molecule has 0 radical (unpaired) electrons. The summed E-state index contributed by atoms with van der Waals surface area (Å²) in [5.41, 5.74) is -0.932. The molecule has 3 N–H and O–H groups in total. The van der Waals surface area contributed by atoms with Gasteiger partial charge in [-0.05, 0) is 20.3 Å². The van der Waals surface area contributed by atoms with E-state index in [1.807, 2.05) is 0 Å². The third-order valence-corrected chi connectivity index (χ3v) is 1.54. The second-order valence-corrected chi connectivity index (χ2v) is 3.08. The summed E-state index contributed by atoms with van der Waals surface area (Å²) in [5.74, 6) is -1.92. The van der Waals surface area contributed by atoms with Crippen LogP contribution < -0.4 is 29.6 Å². The van der Waals surface area contributed by atoms with E-state index < -0.39 is 17.4 Å². The molecule has 5 nitrogen and oxygen atoms in total. The fourth-order valence-corrected chi connectivity index (χ4v) is 0.526. The fourth-order valence-electron chi connectivity index (χ4n) is 0.526.